The van der Waals surface area contributed by atoms with Crippen LogP contribution in [0.4, 0.5) is 17.1 Å². The van der Waals surface area contributed by atoms with Crippen LogP contribution < -0.4 is 16.0 Å². The number of nitrogens with zero attached hydrogens (tertiary/aromatic N) is 1. The number of hydrogen-bond donors (Lipinski definition) is 2. The molecule has 2 aliphatic heterocycles. The van der Waals surface area contributed by atoms with Crippen LogP contribution in [-0.4, -0.2) is 32.8 Å². The molecule has 18 heavy (non-hydrogen) atoms. The van der Waals surface area contributed by atoms with Crippen LogP contribution in [0.15, 0.2) is 6.07 Å². The minimum absolute atomic E-state index is 0.738. The highest BCUT2D eigenvalue weighted by molar-refractivity contribution is 6.34. The lowest BCUT2D eigenvalue weighted by Gasteiger charge is -2.34. The molecule has 0 aliphatic carbocycles. The molecule has 2 aliphatic rings. The first-order valence-electron chi connectivity index (χ1n) is 6.45. The van der Waals surface area contributed by atoms with E-state index in [1.165, 1.54) is 5.56 Å². The number of morpholine rings is 1. The summed E-state index contributed by atoms with van der Waals surface area (Å²) in [6, 6.07) is 1.89. The van der Waals surface area contributed by atoms with E-state index in [0.29, 0.717) is 0 Å². The van der Waals surface area contributed by atoms with Gasteiger partial charge < -0.3 is 20.7 Å². The molecule has 1 saturated heterocycles. The highest BCUT2D eigenvalue weighted by Gasteiger charge is 2.23. The average molecular weight is 268 g/mol. The third kappa shape index (κ3) is 1.99. The third-order valence-corrected chi connectivity index (χ3v) is 3.92. The van der Waals surface area contributed by atoms with Crippen LogP contribution in [0.2, 0.25) is 5.02 Å². The summed E-state index contributed by atoms with van der Waals surface area (Å²) in [7, 11) is 0. The highest BCUT2D eigenvalue weighted by Crippen LogP contribution is 2.42. The van der Waals surface area contributed by atoms with Gasteiger partial charge in [-0.3, -0.25) is 0 Å². The topological polar surface area (TPSA) is 50.5 Å². The number of halogens is 1. The van der Waals surface area contributed by atoms with E-state index >= 15 is 0 Å². The molecule has 0 atom stereocenters. The number of nitrogens with one attached hydrogen (secondary N) is 1. The van der Waals surface area contributed by atoms with Crippen molar-refractivity contribution in [1.29, 1.82) is 0 Å². The Labute approximate surface area is 112 Å². The summed E-state index contributed by atoms with van der Waals surface area (Å²) in [6.07, 6.45) is 2.16. The van der Waals surface area contributed by atoms with Crippen molar-refractivity contribution in [3.63, 3.8) is 0 Å². The van der Waals surface area contributed by atoms with Crippen molar-refractivity contribution in [2.75, 3.05) is 48.8 Å². The molecule has 4 nitrogen and oxygen atoms in total. The number of nitrogen functional groups attached to an aromatic ring is 1. The molecular formula is C13H18ClN3O. The van der Waals surface area contributed by atoms with Crippen molar-refractivity contribution in [1.82, 2.24) is 0 Å². The molecule has 0 saturated carbocycles. The van der Waals surface area contributed by atoms with E-state index in [-0.39, 0.29) is 0 Å². The Morgan fingerprint density at radius 1 is 1.33 bits per heavy atom. The lowest BCUT2D eigenvalue weighted by Crippen LogP contribution is -2.37. The third-order valence-electron chi connectivity index (χ3n) is 3.63. The molecule has 3 N–H and O–H groups in total. The number of rotatable bonds is 1. The van der Waals surface area contributed by atoms with Crippen LogP contribution in [-0.2, 0) is 11.2 Å². The highest BCUT2D eigenvalue weighted by atomic mass is 35.5. The molecule has 3 rings (SSSR count). The molecule has 0 unspecified atom stereocenters. The van der Waals surface area contributed by atoms with Crippen LogP contribution in [0.5, 0.6) is 0 Å². The van der Waals surface area contributed by atoms with Crippen molar-refractivity contribution in [3.05, 3.63) is 16.7 Å². The number of fused-ring (bicyclic) bond motifs is 1. The van der Waals surface area contributed by atoms with Crippen molar-refractivity contribution in [2.45, 2.75) is 12.8 Å². The van der Waals surface area contributed by atoms with Crippen LogP contribution in [0.3, 0.4) is 0 Å². The Morgan fingerprint density at radius 3 is 2.89 bits per heavy atom. The Kier molecular flexibility index (Phi) is 3.22. The fourth-order valence-corrected chi connectivity index (χ4v) is 3.06. The van der Waals surface area contributed by atoms with Gasteiger partial charge in [0, 0.05) is 30.9 Å². The number of anilines is 3. The van der Waals surface area contributed by atoms with E-state index in [4.69, 9.17) is 22.1 Å². The Balaban J connectivity index is 2.06. The molecule has 1 fully saturated rings. The van der Waals surface area contributed by atoms with Gasteiger partial charge in [-0.2, -0.15) is 0 Å². The lowest BCUT2D eigenvalue weighted by atomic mass is 9.99. The van der Waals surface area contributed by atoms with Gasteiger partial charge in [0.1, 0.15) is 0 Å². The summed E-state index contributed by atoms with van der Waals surface area (Å²) >= 11 is 6.40. The minimum Gasteiger partial charge on any atom is -0.398 e. The Bertz CT molecular complexity index is 458. The number of ether oxygens (including phenoxy) is 1. The second kappa shape index (κ2) is 4.86. The first kappa shape index (κ1) is 11.9. The molecule has 0 spiro atoms. The fraction of sp³-hybridized carbons (Fsp3) is 0.538. The molecule has 0 aromatic heterocycles. The monoisotopic (exact) mass is 267 g/mol. The summed E-state index contributed by atoms with van der Waals surface area (Å²) in [5.74, 6) is 0. The molecule has 98 valence electrons. The zero-order valence-electron chi connectivity index (χ0n) is 10.3. The van der Waals surface area contributed by atoms with E-state index in [2.05, 4.69) is 10.2 Å². The van der Waals surface area contributed by atoms with Gasteiger partial charge in [-0.1, -0.05) is 11.6 Å². The SMILES string of the molecule is Nc1cc(Cl)c(N2CCOCC2)c2c1CCCN2. The minimum atomic E-state index is 0.738. The van der Waals surface area contributed by atoms with Crippen molar-refractivity contribution in [2.24, 2.45) is 0 Å². The molecule has 0 radical (unpaired) electrons. The van der Waals surface area contributed by atoms with Crippen LogP contribution in [0, 0.1) is 0 Å². The fourth-order valence-electron chi connectivity index (χ4n) is 2.73. The predicted molar refractivity (Wildman–Crippen MR) is 75.7 cm³/mol. The average Bonchev–Trinajstić information content (AvgIpc) is 2.40. The van der Waals surface area contributed by atoms with Gasteiger partial charge in [-0.25, -0.2) is 0 Å². The standard InChI is InChI=1S/C13H18ClN3O/c14-10-8-11(15)9-2-1-3-16-12(9)13(10)17-4-6-18-7-5-17/h8,16H,1-7,15H2. The van der Waals surface area contributed by atoms with Gasteiger partial charge in [-0.05, 0) is 18.9 Å². The first-order chi connectivity index (χ1) is 8.77. The van der Waals surface area contributed by atoms with Gasteiger partial charge >= 0.3 is 0 Å². The van der Waals surface area contributed by atoms with E-state index in [9.17, 15) is 0 Å². The second-order valence-electron chi connectivity index (χ2n) is 4.78. The van der Waals surface area contributed by atoms with Crippen molar-refractivity contribution in [3.8, 4) is 0 Å². The van der Waals surface area contributed by atoms with Gasteiger partial charge in [0.15, 0.2) is 0 Å². The lowest BCUT2D eigenvalue weighted by molar-refractivity contribution is 0.123. The van der Waals surface area contributed by atoms with E-state index in [0.717, 1.165) is 67.8 Å². The van der Waals surface area contributed by atoms with Gasteiger partial charge in [-0.15, -0.1) is 0 Å². The maximum Gasteiger partial charge on any atom is 0.0797 e. The van der Waals surface area contributed by atoms with Crippen molar-refractivity contribution < 1.29 is 4.74 Å². The smallest absolute Gasteiger partial charge is 0.0797 e. The van der Waals surface area contributed by atoms with Gasteiger partial charge in [0.05, 0.1) is 29.6 Å². The Morgan fingerprint density at radius 2 is 2.11 bits per heavy atom. The molecule has 0 amide bonds. The molecular weight excluding hydrogens is 250 g/mol. The van der Waals surface area contributed by atoms with Gasteiger partial charge in [0.2, 0.25) is 0 Å². The van der Waals surface area contributed by atoms with Crippen molar-refractivity contribution >= 4 is 28.7 Å². The zero-order chi connectivity index (χ0) is 12.5. The summed E-state index contributed by atoms with van der Waals surface area (Å²) < 4.78 is 5.40. The molecule has 1 aromatic carbocycles. The maximum atomic E-state index is 6.40. The van der Waals surface area contributed by atoms with Crippen LogP contribution in [0.25, 0.3) is 0 Å². The summed E-state index contributed by atoms with van der Waals surface area (Å²) in [4.78, 5) is 2.29. The molecule has 1 aromatic rings. The quantitative estimate of drug-likeness (QED) is 0.766. The summed E-state index contributed by atoms with van der Waals surface area (Å²) in [5, 5.41) is 4.20. The largest absolute Gasteiger partial charge is 0.398 e. The van der Waals surface area contributed by atoms with E-state index in [1.807, 2.05) is 6.07 Å². The Hall–Kier alpha value is -1.13. The van der Waals surface area contributed by atoms with E-state index in [1.54, 1.807) is 0 Å². The predicted octanol–water partition coefficient (Wildman–Crippen LogP) is 2.12. The number of benzene rings is 1. The number of hydrogen-bond acceptors (Lipinski definition) is 4. The number of nitrogens with two attached hydrogens (primary N) is 1. The summed E-state index contributed by atoms with van der Waals surface area (Å²) in [5.41, 5.74) is 10.3. The summed E-state index contributed by atoms with van der Waals surface area (Å²) in [6.45, 7) is 4.28. The molecule has 0 bridgehead atoms. The molecule has 2 heterocycles. The zero-order valence-corrected chi connectivity index (χ0v) is 11.1. The maximum absolute atomic E-state index is 6.40. The van der Waals surface area contributed by atoms with Gasteiger partial charge in [0.25, 0.3) is 0 Å². The second-order valence-corrected chi connectivity index (χ2v) is 5.19. The van der Waals surface area contributed by atoms with E-state index < -0.39 is 0 Å². The normalized spacial score (nSPS) is 19.3. The molecule has 5 heteroatoms. The first-order valence-corrected chi connectivity index (χ1v) is 6.82. The van der Waals surface area contributed by atoms with Crippen LogP contribution >= 0.6 is 11.6 Å². The van der Waals surface area contributed by atoms with Crippen LogP contribution in [0.1, 0.15) is 12.0 Å².